The third-order valence-electron chi connectivity index (χ3n) is 5.18. The Hall–Kier alpha value is -3.54. The predicted octanol–water partition coefficient (Wildman–Crippen LogP) is 4.37. The van der Waals surface area contributed by atoms with Gasteiger partial charge in [0.15, 0.2) is 11.5 Å². The number of ether oxygens (including phenoxy) is 3. The molecular formula is C24H24N2O4. The first-order chi connectivity index (χ1) is 14.7. The molecule has 3 aromatic rings. The summed E-state index contributed by atoms with van der Waals surface area (Å²) >= 11 is 0. The summed E-state index contributed by atoms with van der Waals surface area (Å²) in [5.41, 5.74) is 3.55. The van der Waals surface area contributed by atoms with Crippen LogP contribution in [0.15, 0.2) is 54.7 Å². The molecule has 30 heavy (non-hydrogen) atoms. The van der Waals surface area contributed by atoms with Crippen LogP contribution in [-0.4, -0.2) is 38.3 Å². The number of anilines is 1. The van der Waals surface area contributed by atoms with Gasteiger partial charge in [0.25, 0.3) is 5.91 Å². The summed E-state index contributed by atoms with van der Waals surface area (Å²) in [6.07, 6.45) is 2.55. The molecule has 1 aromatic heterocycles. The van der Waals surface area contributed by atoms with Crippen molar-refractivity contribution in [1.29, 1.82) is 0 Å². The Bertz CT molecular complexity index is 1080. The fourth-order valence-electron chi connectivity index (χ4n) is 3.71. The fourth-order valence-corrected chi connectivity index (χ4v) is 3.71. The van der Waals surface area contributed by atoms with Gasteiger partial charge in [0.1, 0.15) is 11.6 Å². The molecule has 0 atom stereocenters. The van der Waals surface area contributed by atoms with E-state index >= 15 is 0 Å². The highest BCUT2D eigenvalue weighted by Crippen LogP contribution is 2.35. The Morgan fingerprint density at radius 3 is 2.57 bits per heavy atom. The third kappa shape index (κ3) is 3.56. The molecule has 1 amide bonds. The third-order valence-corrected chi connectivity index (χ3v) is 5.18. The molecule has 0 N–H and O–H groups in total. The van der Waals surface area contributed by atoms with Crippen molar-refractivity contribution in [2.75, 3.05) is 32.3 Å². The molecule has 0 aliphatic carbocycles. The summed E-state index contributed by atoms with van der Waals surface area (Å²) in [6.45, 7) is 3.01. The van der Waals surface area contributed by atoms with E-state index < -0.39 is 0 Å². The molecule has 0 saturated heterocycles. The van der Waals surface area contributed by atoms with Gasteiger partial charge in [0.05, 0.1) is 26.4 Å². The van der Waals surface area contributed by atoms with Gasteiger partial charge in [-0.3, -0.25) is 9.69 Å². The zero-order chi connectivity index (χ0) is 21.1. The number of aromatic nitrogens is 1. The molecule has 1 aliphatic heterocycles. The van der Waals surface area contributed by atoms with Crippen LogP contribution in [-0.2, 0) is 6.42 Å². The van der Waals surface area contributed by atoms with Crippen LogP contribution < -0.4 is 19.1 Å². The summed E-state index contributed by atoms with van der Waals surface area (Å²) in [6, 6.07) is 15.2. The monoisotopic (exact) mass is 404 g/mol. The molecular weight excluding hydrogens is 380 g/mol. The lowest BCUT2D eigenvalue weighted by molar-refractivity contribution is 0.0985. The van der Waals surface area contributed by atoms with Crippen LogP contribution >= 0.6 is 0 Å². The number of pyridine rings is 1. The molecule has 0 bridgehead atoms. The molecule has 0 radical (unpaired) electrons. The molecule has 2 aromatic carbocycles. The zero-order valence-electron chi connectivity index (χ0n) is 17.3. The number of para-hydroxylation sites is 1. The molecule has 6 heteroatoms. The lowest BCUT2D eigenvalue weighted by atomic mass is 10.0. The van der Waals surface area contributed by atoms with Gasteiger partial charge in [-0.05, 0) is 54.8 Å². The summed E-state index contributed by atoms with van der Waals surface area (Å²) < 4.78 is 16.4. The zero-order valence-corrected chi connectivity index (χ0v) is 17.3. The summed E-state index contributed by atoms with van der Waals surface area (Å²) in [5.74, 6) is 2.56. The second-order valence-electron chi connectivity index (χ2n) is 6.91. The van der Waals surface area contributed by atoms with Gasteiger partial charge in [-0.2, -0.15) is 0 Å². The number of benzene rings is 2. The van der Waals surface area contributed by atoms with E-state index in [0.29, 0.717) is 41.8 Å². The van der Waals surface area contributed by atoms with Gasteiger partial charge >= 0.3 is 0 Å². The van der Waals surface area contributed by atoms with E-state index in [0.717, 1.165) is 23.1 Å². The minimum atomic E-state index is -0.0934. The van der Waals surface area contributed by atoms with E-state index in [-0.39, 0.29) is 5.91 Å². The van der Waals surface area contributed by atoms with Gasteiger partial charge in [0, 0.05) is 18.3 Å². The minimum absolute atomic E-state index is 0.0934. The molecule has 0 fully saturated rings. The maximum atomic E-state index is 13.2. The highest BCUT2D eigenvalue weighted by atomic mass is 16.5. The van der Waals surface area contributed by atoms with Crippen molar-refractivity contribution in [1.82, 2.24) is 4.98 Å². The lowest BCUT2D eigenvalue weighted by Crippen LogP contribution is -2.29. The van der Waals surface area contributed by atoms with E-state index in [1.165, 1.54) is 0 Å². The number of rotatable bonds is 6. The highest BCUT2D eigenvalue weighted by molar-refractivity contribution is 6.08. The van der Waals surface area contributed by atoms with Crippen LogP contribution in [0, 0.1) is 0 Å². The Kier molecular flexibility index (Phi) is 5.57. The Morgan fingerprint density at radius 1 is 1.00 bits per heavy atom. The molecule has 0 spiro atoms. The normalized spacial score (nSPS) is 12.4. The van der Waals surface area contributed by atoms with Crippen molar-refractivity contribution in [2.45, 2.75) is 13.3 Å². The number of amides is 1. The molecule has 1 aliphatic rings. The number of nitrogens with zero attached hydrogens (tertiary/aromatic N) is 2. The number of methoxy groups -OCH3 is 2. The second-order valence-corrected chi connectivity index (χ2v) is 6.91. The van der Waals surface area contributed by atoms with E-state index in [9.17, 15) is 4.79 Å². The number of hydrogen-bond donors (Lipinski definition) is 0. The average Bonchev–Trinajstić information content (AvgIpc) is 3.22. The van der Waals surface area contributed by atoms with Crippen molar-refractivity contribution in [3.63, 3.8) is 0 Å². The fraction of sp³-hybridized carbons (Fsp3) is 0.250. The summed E-state index contributed by atoms with van der Waals surface area (Å²) in [5, 5.41) is 0. The van der Waals surface area contributed by atoms with E-state index in [1.54, 1.807) is 31.4 Å². The Labute approximate surface area is 176 Å². The van der Waals surface area contributed by atoms with E-state index in [4.69, 9.17) is 14.2 Å². The predicted molar refractivity (Wildman–Crippen MR) is 116 cm³/mol. The van der Waals surface area contributed by atoms with Gasteiger partial charge in [-0.25, -0.2) is 4.98 Å². The van der Waals surface area contributed by atoms with Crippen LogP contribution in [0.1, 0.15) is 22.8 Å². The lowest BCUT2D eigenvalue weighted by Gasteiger charge is -2.18. The number of fused-ring (bicyclic) bond motifs is 1. The Morgan fingerprint density at radius 2 is 1.80 bits per heavy atom. The topological polar surface area (TPSA) is 60.9 Å². The Balaban J connectivity index is 1.64. The van der Waals surface area contributed by atoms with Crippen LogP contribution in [0.2, 0.25) is 0 Å². The molecule has 2 heterocycles. The van der Waals surface area contributed by atoms with Gasteiger partial charge in [-0.15, -0.1) is 0 Å². The van der Waals surface area contributed by atoms with Gasteiger partial charge in [0.2, 0.25) is 0 Å². The van der Waals surface area contributed by atoms with E-state index in [2.05, 4.69) is 11.1 Å². The average molecular weight is 404 g/mol. The van der Waals surface area contributed by atoms with Crippen molar-refractivity contribution in [2.24, 2.45) is 0 Å². The summed E-state index contributed by atoms with van der Waals surface area (Å²) in [4.78, 5) is 19.5. The molecule has 154 valence electrons. The first-order valence-electron chi connectivity index (χ1n) is 9.91. The SMILES string of the molecule is CCOc1ccccc1C(=O)N1CCc2cc(-c3ccc(OC)c(OC)c3)cnc21. The van der Waals surface area contributed by atoms with Crippen LogP contribution in [0.3, 0.4) is 0 Å². The largest absolute Gasteiger partial charge is 0.493 e. The molecule has 6 nitrogen and oxygen atoms in total. The molecule has 4 rings (SSSR count). The second kappa shape index (κ2) is 8.45. The number of carbonyl (C=O) groups is 1. The first kappa shape index (κ1) is 19.8. The van der Waals surface area contributed by atoms with Gasteiger partial charge in [-0.1, -0.05) is 18.2 Å². The molecule has 0 saturated carbocycles. The van der Waals surface area contributed by atoms with Crippen molar-refractivity contribution < 1.29 is 19.0 Å². The van der Waals surface area contributed by atoms with Crippen molar-refractivity contribution in [3.05, 3.63) is 65.9 Å². The van der Waals surface area contributed by atoms with Gasteiger partial charge < -0.3 is 14.2 Å². The smallest absolute Gasteiger partial charge is 0.263 e. The quantitative estimate of drug-likeness (QED) is 0.611. The maximum Gasteiger partial charge on any atom is 0.263 e. The number of hydrogen-bond acceptors (Lipinski definition) is 5. The van der Waals surface area contributed by atoms with Crippen molar-refractivity contribution >= 4 is 11.7 Å². The van der Waals surface area contributed by atoms with E-state index in [1.807, 2.05) is 43.3 Å². The minimum Gasteiger partial charge on any atom is -0.493 e. The van der Waals surface area contributed by atoms with Crippen molar-refractivity contribution in [3.8, 4) is 28.4 Å². The molecule has 0 unspecified atom stereocenters. The van der Waals surface area contributed by atoms with Crippen LogP contribution in [0.5, 0.6) is 17.2 Å². The standard InChI is InChI=1S/C24H24N2O4/c1-4-30-20-8-6-5-7-19(20)24(27)26-12-11-17-13-18(15-25-23(17)26)16-9-10-21(28-2)22(14-16)29-3/h5-10,13-15H,4,11-12H2,1-3H3. The highest BCUT2D eigenvalue weighted by Gasteiger charge is 2.29. The maximum absolute atomic E-state index is 13.2. The van der Waals surface area contributed by atoms with Crippen LogP contribution in [0.25, 0.3) is 11.1 Å². The summed E-state index contributed by atoms with van der Waals surface area (Å²) in [7, 11) is 3.23. The van der Waals surface area contributed by atoms with Crippen LogP contribution in [0.4, 0.5) is 5.82 Å². The number of carbonyl (C=O) groups excluding carboxylic acids is 1. The first-order valence-corrected chi connectivity index (χ1v) is 9.91.